The molecule has 0 radical (unpaired) electrons. The molecule has 0 atom stereocenters. The highest BCUT2D eigenvalue weighted by atomic mass is 32.1. The quantitative estimate of drug-likeness (QED) is 0.178. The molecule has 0 bridgehead atoms. The first-order valence-electron chi connectivity index (χ1n) is 21.1. The molecule has 15 aromatic rings. The van der Waals surface area contributed by atoms with E-state index < -0.39 is 0 Å². The van der Waals surface area contributed by atoms with Gasteiger partial charge in [-0.25, -0.2) is 9.97 Å². The van der Waals surface area contributed by atoms with E-state index >= 15 is 0 Å². The number of nitrogens with zero attached hydrogens (tertiary/aromatic N) is 5. The Labute approximate surface area is 356 Å². The van der Waals surface area contributed by atoms with E-state index in [2.05, 4.69) is 202 Å². The number of thiophene rings is 1. The molecule has 6 heteroatoms. The minimum atomic E-state index is 0.704. The van der Waals surface area contributed by atoms with Gasteiger partial charge in [-0.05, 0) is 65.4 Å². The Kier molecular flexibility index (Phi) is 6.24. The summed E-state index contributed by atoms with van der Waals surface area (Å²) < 4.78 is 8.53. The van der Waals surface area contributed by atoms with Gasteiger partial charge in [-0.2, -0.15) is 0 Å². The van der Waals surface area contributed by atoms with Crippen molar-refractivity contribution in [3.63, 3.8) is 0 Å². The van der Waals surface area contributed by atoms with Crippen molar-refractivity contribution in [1.29, 1.82) is 0 Å². The first-order chi connectivity index (χ1) is 30.8. The molecule has 6 aromatic heterocycles. The normalized spacial score (nSPS) is 12.5. The van der Waals surface area contributed by atoms with Crippen molar-refractivity contribution < 1.29 is 0 Å². The minimum Gasteiger partial charge on any atom is -0.309 e. The molecule has 0 saturated carbocycles. The van der Waals surface area contributed by atoms with Crippen LogP contribution in [0.5, 0.6) is 0 Å². The first kappa shape index (κ1) is 32.8. The molecule has 62 heavy (non-hydrogen) atoms. The van der Waals surface area contributed by atoms with Gasteiger partial charge < -0.3 is 8.97 Å². The highest BCUT2D eigenvalue weighted by Gasteiger charge is 2.27. The summed E-state index contributed by atoms with van der Waals surface area (Å²) in [5.41, 5.74) is 10.4. The second-order valence-corrected chi connectivity index (χ2v) is 17.5. The summed E-state index contributed by atoms with van der Waals surface area (Å²) in [5, 5.41) is 14.6. The van der Waals surface area contributed by atoms with Gasteiger partial charge >= 0.3 is 0 Å². The lowest BCUT2D eigenvalue weighted by Gasteiger charge is -2.13. The fourth-order valence-electron chi connectivity index (χ4n) is 10.9. The van der Waals surface area contributed by atoms with Crippen LogP contribution >= 0.6 is 11.3 Å². The van der Waals surface area contributed by atoms with Crippen LogP contribution in [0.25, 0.3) is 136 Å². The van der Waals surface area contributed by atoms with Gasteiger partial charge in [-0.3, -0.25) is 4.57 Å². The van der Waals surface area contributed by atoms with E-state index in [0.717, 1.165) is 49.2 Å². The van der Waals surface area contributed by atoms with Gasteiger partial charge in [-0.15, -0.1) is 11.3 Å². The zero-order valence-electron chi connectivity index (χ0n) is 33.0. The van der Waals surface area contributed by atoms with Crippen molar-refractivity contribution in [2.75, 3.05) is 0 Å². The van der Waals surface area contributed by atoms with Crippen LogP contribution < -0.4 is 0 Å². The summed E-state index contributed by atoms with van der Waals surface area (Å²) in [7, 11) is 0. The van der Waals surface area contributed by atoms with E-state index in [-0.39, 0.29) is 0 Å². The van der Waals surface area contributed by atoms with Gasteiger partial charge in [0.2, 0.25) is 0 Å². The smallest absolute Gasteiger partial charge is 0.163 e. The fourth-order valence-corrected chi connectivity index (χ4v) is 11.9. The van der Waals surface area contributed by atoms with Gasteiger partial charge in [0.15, 0.2) is 11.6 Å². The minimum absolute atomic E-state index is 0.704. The number of benzene rings is 9. The number of aromatic nitrogens is 5. The van der Waals surface area contributed by atoms with Crippen LogP contribution in [0.1, 0.15) is 0 Å². The van der Waals surface area contributed by atoms with E-state index in [4.69, 9.17) is 9.97 Å². The number of rotatable bonds is 3. The Balaban J connectivity index is 1.11. The van der Waals surface area contributed by atoms with Crippen molar-refractivity contribution in [3.8, 4) is 22.9 Å². The zero-order valence-corrected chi connectivity index (χ0v) is 33.9. The summed E-state index contributed by atoms with van der Waals surface area (Å²) >= 11 is 1.74. The number of para-hydroxylation sites is 4. The molecule has 6 heterocycles. The van der Waals surface area contributed by atoms with Crippen LogP contribution in [0.2, 0.25) is 0 Å². The molecule has 0 fully saturated rings. The average Bonchev–Trinajstić information content (AvgIpc) is 4.13. The van der Waals surface area contributed by atoms with Gasteiger partial charge in [0, 0.05) is 64.4 Å². The fraction of sp³-hybridized carbons (Fsp3) is 0. The summed E-state index contributed by atoms with van der Waals surface area (Å²) in [4.78, 5) is 12.2. The summed E-state index contributed by atoms with van der Waals surface area (Å²) in [6, 6.07) is 68.4. The summed E-state index contributed by atoms with van der Waals surface area (Å²) in [6.07, 6.45) is 0. The van der Waals surface area contributed by atoms with Crippen LogP contribution in [0.4, 0.5) is 0 Å². The highest BCUT2D eigenvalue weighted by molar-refractivity contribution is 7.25. The van der Waals surface area contributed by atoms with Crippen molar-refractivity contribution in [1.82, 2.24) is 23.5 Å². The molecule has 0 amide bonds. The van der Waals surface area contributed by atoms with E-state index in [1.54, 1.807) is 11.3 Å². The molecule has 15 rings (SSSR count). The molecule has 286 valence electrons. The van der Waals surface area contributed by atoms with Crippen LogP contribution in [-0.4, -0.2) is 23.5 Å². The summed E-state index contributed by atoms with van der Waals surface area (Å²) in [5.74, 6) is 1.60. The average molecular weight is 806 g/mol. The predicted molar refractivity (Wildman–Crippen MR) is 261 cm³/mol. The molecule has 5 nitrogen and oxygen atoms in total. The molecule has 0 aliphatic carbocycles. The van der Waals surface area contributed by atoms with Crippen LogP contribution in [0, 0.1) is 0 Å². The maximum absolute atomic E-state index is 5.75. The standard InChI is InChI=1S/C56H31N5S/c1-2-15-34(16-3-1)59-43-22-10-6-18-36(43)38-28-26-33(30-47(38)59)54-57-55(51-40-21-9-13-25-48(40)62-56(51)58-54)61-44-23-11-7-19-37(44)41-31-42-49-35-17-5-4-14-32(35)27-29-46(49)60-45-24-12-8-20-39(45)50(52(41)61)53(42)60/h1-31H. The third kappa shape index (κ3) is 4.12. The summed E-state index contributed by atoms with van der Waals surface area (Å²) in [6.45, 7) is 0. The van der Waals surface area contributed by atoms with E-state index in [0.29, 0.717) is 5.82 Å². The molecule has 0 unspecified atom stereocenters. The van der Waals surface area contributed by atoms with Crippen LogP contribution in [-0.2, 0) is 0 Å². The van der Waals surface area contributed by atoms with Crippen molar-refractivity contribution in [3.05, 3.63) is 188 Å². The van der Waals surface area contributed by atoms with E-state index in [1.807, 2.05) is 0 Å². The lowest BCUT2D eigenvalue weighted by molar-refractivity contribution is 1.08. The highest BCUT2D eigenvalue weighted by Crippen LogP contribution is 2.49. The Morgan fingerprint density at radius 1 is 0.371 bits per heavy atom. The first-order valence-corrected chi connectivity index (χ1v) is 21.9. The zero-order chi connectivity index (χ0) is 40.2. The molecule has 9 aromatic carbocycles. The van der Waals surface area contributed by atoms with Crippen LogP contribution in [0.3, 0.4) is 0 Å². The molecular weight excluding hydrogens is 775 g/mol. The monoisotopic (exact) mass is 805 g/mol. The number of hydrogen-bond acceptors (Lipinski definition) is 3. The third-order valence-electron chi connectivity index (χ3n) is 13.4. The second kappa shape index (κ2) is 11.8. The Morgan fingerprint density at radius 2 is 1.03 bits per heavy atom. The molecule has 0 aliphatic rings. The molecule has 0 aliphatic heterocycles. The van der Waals surface area contributed by atoms with Gasteiger partial charge in [0.25, 0.3) is 0 Å². The maximum atomic E-state index is 5.75. The van der Waals surface area contributed by atoms with Gasteiger partial charge in [-0.1, -0.05) is 133 Å². The third-order valence-corrected chi connectivity index (χ3v) is 14.4. The topological polar surface area (TPSA) is 40.0 Å². The Bertz CT molecular complexity index is 4390. The maximum Gasteiger partial charge on any atom is 0.163 e. The molecule has 0 spiro atoms. The second-order valence-electron chi connectivity index (χ2n) is 16.5. The van der Waals surface area contributed by atoms with Crippen molar-refractivity contribution >= 4 is 124 Å². The largest absolute Gasteiger partial charge is 0.309 e. The lowest BCUT2D eigenvalue weighted by atomic mass is 10.00. The van der Waals surface area contributed by atoms with Crippen molar-refractivity contribution in [2.24, 2.45) is 0 Å². The van der Waals surface area contributed by atoms with Gasteiger partial charge in [0.1, 0.15) is 4.83 Å². The SMILES string of the molecule is c1ccc(-n2c3ccccc3c3ccc(-c4nc(-n5c6ccccc6c6cc7c8c9ccccc9ccc8n8c9ccccc9c(c65)c78)c5c(n4)sc4ccccc45)cc32)cc1. The Hall–Kier alpha value is -8.06. The van der Waals surface area contributed by atoms with E-state index in [9.17, 15) is 0 Å². The number of fused-ring (bicyclic) bond motifs is 18. The number of hydrogen-bond donors (Lipinski definition) is 0. The molecule has 0 N–H and O–H groups in total. The predicted octanol–water partition coefficient (Wildman–Crippen LogP) is 15.0. The van der Waals surface area contributed by atoms with Gasteiger partial charge in [0.05, 0.1) is 44.0 Å². The lowest BCUT2D eigenvalue weighted by Crippen LogP contribution is -2.02. The molecular formula is C56H31N5S. The van der Waals surface area contributed by atoms with E-state index in [1.165, 1.54) is 80.6 Å². The van der Waals surface area contributed by atoms with Crippen LogP contribution in [0.15, 0.2) is 188 Å². The molecule has 0 saturated heterocycles. The Morgan fingerprint density at radius 3 is 1.87 bits per heavy atom. The van der Waals surface area contributed by atoms with Crippen molar-refractivity contribution in [2.45, 2.75) is 0 Å².